The number of halogens is 2. The van der Waals surface area contributed by atoms with Crippen LogP contribution in [0.25, 0.3) is 0 Å². The summed E-state index contributed by atoms with van der Waals surface area (Å²) in [5.41, 5.74) is 1.42. The number of aromatic nitrogens is 2. The molecule has 0 atom stereocenters. The first-order chi connectivity index (χ1) is 12.0. The predicted octanol–water partition coefficient (Wildman–Crippen LogP) is 4.57. The maximum Gasteiger partial charge on any atom is 0.274 e. The highest BCUT2D eigenvalue weighted by molar-refractivity contribution is 6.33. The van der Waals surface area contributed by atoms with Crippen LogP contribution in [0.2, 0.25) is 5.02 Å². The van der Waals surface area contributed by atoms with Crippen LogP contribution in [0.5, 0.6) is 0 Å². The fourth-order valence-electron chi connectivity index (χ4n) is 2.17. The van der Waals surface area contributed by atoms with Gasteiger partial charge < -0.3 is 10.6 Å². The summed E-state index contributed by atoms with van der Waals surface area (Å²) in [6.45, 7) is 1.72. The second-order valence-corrected chi connectivity index (χ2v) is 5.66. The molecule has 3 aromatic rings. The van der Waals surface area contributed by atoms with Gasteiger partial charge in [0, 0.05) is 5.69 Å². The first-order valence-electron chi connectivity index (χ1n) is 7.46. The lowest BCUT2D eigenvalue weighted by Crippen LogP contribution is -2.15. The lowest BCUT2D eigenvalue weighted by atomic mass is 10.2. The van der Waals surface area contributed by atoms with Gasteiger partial charge in [-0.3, -0.25) is 4.79 Å². The van der Waals surface area contributed by atoms with Crippen molar-refractivity contribution in [3.8, 4) is 0 Å². The topological polar surface area (TPSA) is 66.9 Å². The molecule has 1 amide bonds. The van der Waals surface area contributed by atoms with E-state index in [1.54, 1.807) is 55.5 Å². The van der Waals surface area contributed by atoms with Crippen molar-refractivity contribution in [2.24, 2.45) is 0 Å². The molecule has 0 fully saturated rings. The van der Waals surface area contributed by atoms with Gasteiger partial charge in [-0.2, -0.15) is 0 Å². The van der Waals surface area contributed by atoms with E-state index in [1.165, 1.54) is 6.07 Å². The highest BCUT2D eigenvalue weighted by Gasteiger charge is 2.13. The number of hydrogen-bond donors (Lipinski definition) is 2. The largest absolute Gasteiger partial charge is 0.322 e. The van der Waals surface area contributed by atoms with Crippen molar-refractivity contribution in [3.63, 3.8) is 0 Å². The minimum atomic E-state index is -0.435. The van der Waals surface area contributed by atoms with Crippen LogP contribution in [0.1, 0.15) is 16.2 Å². The van der Waals surface area contributed by atoms with Crippen LogP contribution in [-0.4, -0.2) is 15.9 Å². The molecule has 0 bridgehead atoms. The smallest absolute Gasteiger partial charge is 0.274 e. The van der Waals surface area contributed by atoms with E-state index in [9.17, 15) is 9.18 Å². The predicted molar refractivity (Wildman–Crippen MR) is 95.9 cm³/mol. The molecule has 7 heteroatoms. The van der Waals surface area contributed by atoms with Crippen molar-refractivity contribution in [2.45, 2.75) is 6.92 Å². The quantitative estimate of drug-likeness (QED) is 0.718. The maximum atomic E-state index is 13.8. The Morgan fingerprint density at radius 3 is 2.44 bits per heavy atom. The fourth-order valence-corrected chi connectivity index (χ4v) is 2.36. The van der Waals surface area contributed by atoms with Crippen molar-refractivity contribution < 1.29 is 9.18 Å². The molecule has 0 saturated heterocycles. The average Bonchev–Trinajstić information content (AvgIpc) is 2.58. The van der Waals surface area contributed by atoms with Crippen molar-refractivity contribution in [1.82, 2.24) is 9.97 Å². The van der Waals surface area contributed by atoms with E-state index in [2.05, 4.69) is 20.6 Å². The van der Waals surface area contributed by atoms with E-state index in [0.29, 0.717) is 16.4 Å². The van der Waals surface area contributed by atoms with Gasteiger partial charge in [-0.15, -0.1) is 0 Å². The van der Waals surface area contributed by atoms with E-state index >= 15 is 0 Å². The zero-order chi connectivity index (χ0) is 17.8. The van der Waals surface area contributed by atoms with Gasteiger partial charge in [-0.25, -0.2) is 14.4 Å². The fraction of sp³-hybridized carbons (Fsp3) is 0.0556. The van der Waals surface area contributed by atoms with Gasteiger partial charge in [0.2, 0.25) is 5.95 Å². The molecule has 25 heavy (non-hydrogen) atoms. The Kier molecular flexibility index (Phi) is 4.90. The highest BCUT2D eigenvalue weighted by atomic mass is 35.5. The molecule has 1 aromatic heterocycles. The molecule has 2 N–H and O–H groups in total. The lowest BCUT2D eigenvalue weighted by molar-refractivity contribution is 0.102. The summed E-state index contributed by atoms with van der Waals surface area (Å²) in [5.74, 6) is -0.737. The Hall–Kier alpha value is -2.99. The van der Waals surface area contributed by atoms with Gasteiger partial charge in [-0.1, -0.05) is 35.9 Å². The molecular formula is C18H14ClFN4O. The number of rotatable bonds is 4. The van der Waals surface area contributed by atoms with Crippen LogP contribution in [0.15, 0.2) is 54.6 Å². The molecule has 126 valence electrons. The van der Waals surface area contributed by atoms with Crippen molar-refractivity contribution >= 4 is 34.8 Å². The van der Waals surface area contributed by atoms with Gasteiger partial charge in [-0.05, 0) is 37.3 Å². The Bertz CT molecular complexity index is 932. The van der Waals surface area contributed by atoms with Crippen LogP contribution < -0.4 is 10.6 Å². The summed E-state index contributed by atoms with van der Waals surface area (Å²) >= 11 is 6.04. The van der Waals surface area contributed by atoms with Crippen LogP contribution in [0.3, 0.4) is 0 Å². The minimum absolute atomic E-state index is 0.134. The summed E-state index contributed by atoms with van der Waals surface area (Å²) in [7, 11) is 0. The van der Waals surface area contributed by atoms with Crippen LogP contribution in [0, 0.1) is 12.7 Å². The number of anilines is 3. The molecule has 0 aliphatic heterocycles. The number of nitrogens with one attached hydrogen (secondary N) is 2. The monoisotopic (exact) mass is 356 g/mol. The molecule has 1 heterocycles. The first kappa shape index (κ1) is 16.9. The van der Waals surface area contributed by atoms with Gasteiger partial charge in [0.15, 0.2) is 0 Å². The number of benzene rings is 2. The second kappa shape index (κ2) is 7.27. The molecule has 5 nitrogen and oxygen atoms in total. The third-order valence-electron chi connectivity index (χ3n) is 3.33. The third-order valence-corrected chi connectivity index (χ3v) is 3.66. The Morgan fingerprint density at radius 2 is 1.72 bits per heavy atom. The van der Waals surface area contributed by atoms with E-state index in [-0.39, 0.29) is 17.3 Å². The molecular weight excluding hydrogens is 343 g/mol. The summed E-state index contributed by atoms with van der Waals surface area (Å²) in [5, 5.41) is 5.90. The van der Waals surface area contributed by atoms with Gasteiger partial charge in [0.1, 0.15) is 11.5 Å². The molecule has 0 unspecified atom stereocenters. The number of nitrogens with zero attached hydrogens (tertiary/aromatic N) is 2. The van der Waals surface area contributed by atoms with Crippen LogP contribution in [-0.2, 0) is 0 Å². The van der Waals surface area contributed by atoms with Gasteiger partial charge in [0.25, 0.3) is 5.91 Å². The van der Waals surface area contributed by atoms with Gasteiger partial charge >= 0.3 is 0 Å². The number of aryl methyl sites for hydroxylation is 1. The normalized spacial score (nSPS) is 10.4. The van der Waals surface area contributed by atoms with E-state index in [0.717, 1.165) is 0 Å². The van der Waals surface area contributed by atoms with E-state index < -0.39 is 11.7 Å². The third kappa shape index (κ3) is 4.10. The molecule has 0 aliphatic carbocycles. The van der Waals surface area contributed by atoms with Crippen molar-refractivity contribution in [1.29, 1.82) is 0 Å². The average molecular weight is 357 g/mol. The summed E-state index contributed by atoms with van der Waals surface area (Å²) in [4.78, 5) is 20.8. The Morgan fingerprint density at radius 1 is 1.04 bits per heavy atom. The zero-order valence-corrected chi connectivity index (χ0v) is 14.0. The van der Waals surface area contributed by atoms with Crippen LogP contribution in [0.4, 0.5) is 21.7 Å². The van der Waals surface area contributed by atoms with Crippen molar-refractivity contribution in [2.75, 3.05) is 10.6 Å². The summed E-state index contributed by atoms with van der Waals surface area (Å²) in [6.07, 6.45) is 0. The van der Waals surface area contributed by atoms with Crippen LogP contribution >= 0.6 is 11.6 Å². The molecule has 3 rings (SSSR count). The molecule has 0 saturated carbocycles. The lowest BCUT2D eigenvalue weighted by Gasteiger charge is -2.10. The van der Waals surface area contributed by atoms with Gasteiger partial charge in [0.05, 0.1) is 16.4 Å². The molecule has 2 aromatic carbocycles. The maximum absolute atomic E-state index is 13.8. The van der Waals surface area contributed by atoms with E-state index in [4.69, 9.17) is 11.6 Å². The summed E-state index contributed by atoms with van der Waals surface area (Å²) in [6, 6.07) is 14.6. The standard InChI is InChI=1S/C18H14ClFN4O/c1-11-10-16(17(25)22-14-8-4-2-6-12(14)19)24-18(21-11)23-15-9-5-3-7-13(15)20/h2-10H,1H3,(H,22,25)(H,21,23,24). The van der Waals surface area contributed by atoms with E-state index in [1.807, 2.05) is 0 Å². The molecule has 0 radical (unpaired) electrons. The SMILES string of the molecule is Cc1cc(C(=O)Nc2ccccc2Cl)nc(Nc2ccccc2F)n1. The Labute approximate surface area is 148 Å². The van der Waals surface area contributed by atoms with Crippen molar-refractivity contribution in [3.05, 3.63) is 76.8 Å². The Balaban J connectivity index is 1.85. The second-order valence-electron chi connectivity index (χ2n) is 5.26. The number of para-hydroxylation sites is 2. The molecule has 0 aliphatic rings. The minimum Gasteiger partial charge on any atom is -0.322 e. The first-order valence-corrected chi connectivity index (χ1v) is 7.84. The molecule has 0 spiro atoms. The zero-order valence-electron chi connectivity index (χ0n) is 13.3. The number of carbonyl (C=O) groups is 1. The number of carbonyl (C=O) groups excluding carboxylic acids is 1. The number of amides is 1. The summed E-state index contributed by atoms with van der Waals surface area (Å²) < 4.78 is 13.8. The number of hydrogen-bond acceptors (Lipinski definition) is 4. The highest BCUT2D eigenvalue weighted by Crippen LogP contribution is 2.22.